The molecule has 0 saturated heterocycles. The topological polar surface area (TPSA) is 159 Å². The van der Waals surface area contributed by atoms with Crippen LogP contribution in [-0.4, -0.2) is 56.7 Å². The number of aliphatic hydroxyl groups excluding tert-OH is 1. The number of benzene rings is 7. The first-order valence-corrected chi connectivity index (χ1v) is 31.7. The highest BCUT2D eigenvalue weighted by atomic mass is 127. The second kappa shape index (κ2) is 30.6. The minimum Gasteiger partial charge on any atom is -0.496 e. The van der Waals surface area contributed by atoms with E-state index in [0.29, 0.717) is 55.4 Å². The second-order valence-electron chi connectivity index (χ2n) is 21.2. The lowest BCUT2D eigenvalue weighted by molar-refractivity contribution is 0.176. The van der Waals surface area contributed by atoms with Crippen molar-refractivity contribution < 1.29 is 23.7 Å². The third-order valence-electron chi connectivity index (χ3n) is 14.4. The van der Waals surface area contributed by atoms with Crippen molar-refractivity contribution in [1.29, 1.82) is 0 Å². The number of H-pyrrole nitrogens is 2. The third kappa shape index (κ3) is 18.0. The predicted octanol–water partition coefficient (Wildman–Crippen LogP) is 15.4. The molecule has 9 rings (SSSR count). The zero-order valence-electron chi connectivity index (χ0n) is 46.2. The number of hydrogen-bond acceptors (Lipinski definition) is 10. The molecule has 12 nitrogen and oxygen atoms in total. The van der Waals surface area contributed by atoms with E-state index in [-0.39, 0.29) is 37.1 Å². The van der Waals surface area contributed by atoms with Crippen molar-refractivity contribution in [3.63, 3.8) is 0 Å². The summed E-state index contributed by atoms with van der Waals surface area (Å²) < 4.78 is 26.6. The van der Waals surface area contributed by atoms with Crippen LogP contribution in [0.3, 0.4) is 0 Å². The van der Waals surface area contributed by atoms with E-state index in [1.165, 1.54) is 20.8 Å². The van der Waals surface area contributed by atoms with Crippen molar-refractivity contribution in [1.82, 2.24) is 20.6 Å². The molecule has 0 bridgehead atoms. The molecule has 432 valence electrons. The van der Waals surface area contributed by atoms with Gasteiger partial charge in [-0.05, 0) is 183 Å². The Hall–Kier alpha value is -6.57. The fourth-order valence-corrected chi connectivity index (χ4v) is 11.1. The molecular weight excluding hydrogens is 1220 g/mol. The summed E-state index contributed by atoms with van der Waals surface area (Å²) in [5.41, 5.74) is 9.28. The second-order valence-corrected chi connectivity index (χ2v) is 28.0. The number of aliphatic hydroxyl groups is 1. The van der Waals surface area contributed by atoms with Crippen molar-refractivity contribution >= 4 is 80.0 Å². The van der Waals surface area contributed by atoms with E-state index in [9.17, 15) is 14.7 Å². The van der Waals surface area contributed by atoms with Gasteiger partial charge in [-0.25, -0.2) is 0 Å². The van der Waals surface area contributed by atoms with E-state index >= 15 is 0 Å². The summed E-state index contributed by atoms with van der Waals surface area (Å²) >= 11 is 5.85. The van der Waals surface area contributed by atoms with Crippen molar-refractivity contribution in [3.05, 3.63) is 238 Å². The van der Waals surface area contributed by atoms with Gasteiger partial charge in [-0.1, -0.05) is 133 Å². The Morgan fingerprint density at radius 2 is 1.06 bits per heavy atom. The highest BCUT2D eigenvalue weighted by Crippen LogP contribution is 2.41. The number of pyridine rings is 2. The summed E-state index contributed by atoms with van der Waals surface area (Å²) in [4.78, 5) is 30.4. The Morgan fingerprint density at radius 3 is 1.57 bits per heavy atom. The molecular formula is C67H79BrIN5O7Si. The molecule has 0 unspecified atom stereocenters. The number of methoxy groups -OCH3 is 1. The van der Waals surface area contributed by atoms with Gasteiger partial charge in [-0.3, -0.25) is 9.59 Å². The van der Waals surface area contributed by atoms with Crippen LogP contribution in [0.5, 0.6) is 17.2 Å². The van der Waals surface area contributed by atoms with E-state index in [2.05, 4.69) is 153 Å². The molecule has 2 atom stereocenters. The van der Waals surface area contributed by atoms with Gasteiger partial charge in [-0.2, -0.15) is 0 Å². The number of nitrogens with one attached hydrogen (secondary N) is 5. The van der Waals surface area contributed by atoms with E-state index in [1.807, 2.05) is 97.1 Å². The monoisotopic (exact) mass is 1300 g/mol. The largest absolute Gasteiger partial charge is 0.496 e. The van der Waals surface area contributed by atoms with Gasteiger partial charge in [0.1, 0.15) is 30.5 Å². The number of fused-ring (bicyclic) bond motifs is 2. The molecule has 15 heteroatoms. The number of rotatable bonds is 23. The van der Waals surface area contributed by atoms with Crippen LogP contribution in [0.15, 0.2) is 190 Å². The quantitative estimate of drug-likeness (QED) is 0.0207. The normalized spacial score (nSPS) is 12.1. The van der Waals surface area contributed by atoms with Gasteiger partial charge >= 0.3 is 0 Å². The van der Waals surface area contributed by atoms with Gasteiger partial charge in [0.2, 0.25) is 11.1 Å². The zero-order valence-corrected chi connectivity index (χ0v) is 51.0. The van der Waals surface area contributed by atoms with Crippen molar-refractivity contribution in [2.24, 2.45) is 0 Å². The average Bonchev–Trinajstić information content (AvgIpc) is 3.17. The number of aromatic nitrogens is 2. The molecule has 0 aliphatic rings. The van der Waals surface area contributed by atoms with Crippen LogP contribution in [0.25, 0.3) is 21.8 Å². The van der Waals surface area contributed by atoms with E-state index in [4.69, 9.17) is 18.6 Å². The molecule has 82 heavy (non-hydrogen) atoms. The number of anilines is 2. The van der Waals surface area contributed by atoms with E-state index in [0.717, 1.165) is 74.0 Å². The summed E-state index contributed by atoms with van der Waals surface area (Å²) in [5, 5.41) is 23.2. The van der Waals surface area contributed by atoms with Crippen LogP contribution in [0.1, 0.15) is 81.2 Å². The summed E-state index contributed by atoms with van der Waals surface area (Å²) in [5.74, 6) is 2.02. The smallest absolute Gasteiger partial charge is 0.248 e. The van der Waals surface area contributed by atoms with Gasteiger partial charge in [0, 0.05) is 50.9 Å². The lowest BCUT2D eigenvalue weighted by Gasteiger charge is -2.39. The minimum atomic E-state index is -2.10. The fraction of sp³-hybridized carbons (Fsp3) is 0.284. The van der Waals surface area contributed by atoms with E-state index < -0.39 is 14.4 Å². The number of halogens is 2. The fourth-order valence-electron chi connectivity index (χ4n) is 8.89. The van der Waals surface area contributed by atoms with Crippen LogP contribution in [0.4, 0.5) is 11.4 Å². The van der Waals surface area contributed by atoms with Crippen LogP contribution >= 0.6 is 38.5 Å². The molecule has 2 heterocycles. The first kappa shape index (κ1) is 64.6. The molecule has 0 spiro atoms. The molecule has 0 aliphatic heterocycles. The maximum atomic E-state index is 12.4. The highest BCUT2D eigenvalue weighted by Gasteiger charge is 2.40. The van der Waals surface area contributed by atoms with Crippen molar-refractivity contribution in [2.45, 2.75) is 92.0 Å². The Kier molecular flexibility index (Phi) is 24.1. The van der Waals surface area contributed by atoms with Crippen LogP contribution < -0.4 is 41.3 Å². The number of aromatic amines is 2. The van der Waals surface area contributed by atoms with Gasteiger partial charge in [-0.15, -0.1) is 0 Å². The SMILES string of the molecule is C.C.CC(C)(C)[Si](C)(C)O[C@H](CNCCc1ccc(I)cc1)c1ccc(OCc2ccccc2)c2[nH]c(=O)ccc12.COc1ccc(Nc2ccc(CCNC[C@H](O)c3ccc(OCc4ccccc4)c4[nH]c(=O)ccc34)cc2)cc1Br. The molecule has 7 aromatic carbocycles. The first-order chi connectivity index (χ1) is 38.5. The van der Waals surface area contributed by atoms with Gasteiger partial charge in [0.15, 0.2) is 8.32 Å². The molecule has 0 amide bonds. The van der Waals surface area contributed by atoms with Gasteiger partial charge in [0.25, 0.3) is 0 Å². The van der Waals surface area contributed by atoms with Gasteiger partial charge in [0.05, 0.1) is 34.8 Å². The average molecular weight is 1300 g/mol. The predicted molar refractivity (Wildman–Crippen MR) is 353 cm³/mol. The molecule has 0 aliphatic carbocycles. The minimum absolute atomic E-state index is 0. The summed E-state index contributed by atoms with van der Waals surface area (Å²) in [6.07, 6.45) is 0.854. The molecule has 0 radical (unpaired) electrons. The first-order valence-electron chi connectivity index (χ1n) is 26.9. The molecule has 9 aromatic rings. The standard InChI is InChI=1S/C33H32BrN3O4.C32H39IN2O3Si.2CH4/c1-40-30-14-11-25(19-28(30)34)36-24-9-7-22(8-10-24)17-18-35-20-29(38)26-12-15-31(33-27(26)13-16-32(39)37-33)41-21-23-5-3-2-4-6-23;1-32(2,3)39(4,5)38-29(21-34-20-19-23-11-13-25(33)14-12-23)26-15-17-28(31-27(26)16-18-30(36)35-31)37-22-24-9-7-6-8-10-24;;/h2-16,19,29,35-36,38H,17-18,20-21H2,1H3,(H,37,39);6-18,29,34H,19-22H2,1-5H3,(H,35,36);2*1H4/t2*29-;;/m01../s1. The maximum absolute atomic E-state index is 12.4. The Labute approximate surface area is 506 Å². The van der Waals surface area contributed by atoms with Crippen LogP contribution in [0, 0.1) is 3.57 Å². The van der Waals surface area contributed by atoms with Crippen molar-refractivity contribution in [2.75, 3.05) is 38.6 Å². The lowest BCUT2D eigenvalue weighted by Crippen LogP contribution is -2.43. The third-order valence-corrected chi connectivity index (χ3v) is 20.2. The van der Waals surface area contributed by atoms with Gasteiger partial charge < -0.3 is 49.7 Å². The number of hydrogen-bond donors (Lipinski definition) is 6. The summed E-state index contributed by atoms with van der Waals surface area (Å²) in [7, 11) is -0.450. The highest BCUT2D eigenvalue weighted by molar-refractivity contribution is 14.1. The Bertz CT molecular complexity index is 3560. The maximum Gasteiger partial charge on any atom is 0.248 e. The lowest BCUT2D eigenvalue weighted by atomic mass is 10.0. The Balaban J connectivity index is 0.000000258. The summed E-state index contributed by atoms with van der Waals surface area (Å²) in [6, 6.07) is 57.1. The Morgan fingerprint density at radius 1 is 0.585 bits per heavy atom. The molecule has 2 aromatic heterocycles. The van der Waals surface area contributed by atoms with Crippen LogP contribution in [-0.2, 0) is 30.5 Å². The number of ether oxygens (including phenoxy) is 3. The zero-order chi connectivity index (χ0) is 56.7. The molecule has 0 saturated carbocycles. The van der Waals surface area contributed by atoms with E-state index in [1.54, 1.807) is 25.3 Å². The molecule has 6 N–H and O–H groups in total. The molecule has 0 fully saturated rings. The van der Waals surface area contributed by atoms with Crippen LogP contribution in [0.2, 0.25) is 18.1 Å². The van der Waals surface area contributed by atoms with Crippen molar-refractivity contribution in [3.8, 4) is 17.2 Å². The summed E-state index contributed by atoms with van der Waals surface area (Å²) in [6.45, 7) is 14.8.